The van der Waals surface area contributed by atoms with Crippen LogP contribution in [-0.4, -0.2) is 45.4 Å². The molecule has 0 saturated heterocycles. The third kappa shape index (κ3) is 6.87. The van der Waals surface area contributed by atoms with Crippen LogP contribution in [0.1, 0.15) is 43.6 Å². The highest BCUT2D eigenvalue weighted by molar-refractivity contribution is 7.91. The molecule has 204 valence electrons. The van der Waals surface area contributed by atoms with E-state index >= 15 is 0 Å². The van der Waals surface area contributed by atoms with Crippen molar-refractivity contribution in [2.75, 3.05) is 35.4 Å². The Balaban J connectivity index is 1.21. The smallest absolute Gasteiger partial charge is 0.326 e. The average molecular weight is 547 g/mol. The number of sulfone groups is 1. The Bertz CT molecular complexity index is 1430. The quantitative estimate of drug-likeness (QED) is 0.389. The van der Waals surface area contributed by atoms with Gasteiger partial charge in [0.15, 0.2) is 9.84 Å². The second kappa shape index (κ2) is 11.6. The third-order valence-corrected chi connectivity index (χ3v) is 8.44. The summed E-state index contributed by atoms with van der Waals surface area (Å²) in [4.78, 5) is 26.7. The molecule has 2 amide bonds. The SMILES string of the molecule is CS(=O)(=O)CC(=O)CC1CCC(c2ccc(-c3ccc4c(c3)OCCN4C(=O)Nc3ccccc3)cc2)CC1. The van der Waals surface area contributed by atoms with E-state index < -0.39 is 9.84 Å². The number of nitrogens with one attached hydrogen (secondary N) is 1. The van der Waals surface area contributed by atoms with E-state index in [2.05, 4.69) is 29.6 Å². The van der Waals surface area contributed by atoms with E-state index in [9.17, 15) is 18.0 Å². The molecule has 7 nitrogen and oxygen atoms in total. The standard InChI is InChI=1S/C31H34N2O5S/c1-39(36,37)21-28(34)19-22-7-9-23(10-8-22)24-11-13-25(14-12-24)26-15-16-29-30(20-26)38-18-17-33(29)31(35)32-27-5-3-2-4-6-27/h2-6,11-16,20,22-23H,7-10,17-19,21H2,1H3,(H,32,35). The number of fused-ring (bicyclic) bond motifs is 1. The van der Waals surface area contributed by atoms with Crippen LogP contribution < -0.4 is 15.0 Å². The van der Waals surface area contributed by atoms with Gasteiger partial charge in [-0.3, -0.25) is 9.69 Å². The van der Waals surface area contributed by atoms with Crippen molar-refractivity contribution in [3.05, 3.63) is 78.4 Å². The van der Waals surface area contributed by atoms with Crippen molar-refractivity contribution in [3.63, 3.8) is 0 Å². The number of hydrogen-bond acceptors (Lipinski definition) is 5. The van der Waals surface area contributed by atoms with Crippen LogP contribution in [-0.2, 0) is 14.6 Å². The molecule has 5 rings (SSSR count). The summed E-state index contributed by atoms with van der Waals surface area (Å²) in [5, 5.41) is 2.95. The van der Waals surface area contributed by atoms with Gasteiger partial charge in [-0.25, -0.2) is 13.2 Å². The maximum atomic E-state index is 12.9. The molecule has 1 saturated carbocycles. The first kappa shape index (κ1) is 26.9. The minimum Gasteiger partial charge on any atom is -0.490 e. The highest BCUT2D eigenvalue weighted by atomic mass is 32.2. The van der Waals surface area contributed by atoms with Crippen molar-refractivity contribution >= 4 is 33.0 Å². The summed E-state index contributed by atoms with van der Waals surface area (Å²) < 4.78 is 28.7. The van der Waals surface area contributed by atoms with E-state index in [0.29, 0.717) is 31.2 Å². The van der Waals surface area contributed by atoms with Gasteiger partial charge in [-0.15, -0.1) is 0 Å². The van der Waals surface area contributed by atoms with Crippen molar-refractivity contribution < 1.29 is 22.7 Å². The number of ether oxygens (including phenoxy) is 1. The zero-order valence-electron chi connectivity index (χ0n) is 22.1. The van der Waals surface area contributed by atoms with E-state index in [0.717, 1.165) is 54.4 Å². The van der Waals surface area contributed by atoms with Crippen LogP contribution in [0.3, 0.4) is 0 Å². The molecule has 39 heavy (non-hydrogen) atoms. The molecule has 0 spiro atoms. The van der Waals surface area contributed by atoms with Crippen LogP contribution >= 0.6 is 0 Å². The molecule has 1 N–H and O–H groups in total. The number of benzene rings is 3. The number of carbonyl (C=O) groups excluding carboxylic acids is 2. The number of Topliss-reactive ketones (excluding diaryl/α,β-unsaturated/α-hetero) is 1. The molecular formula is C31H34N2O5S. The number of para-hydroxylation sites is 1. The fourth-order valence-electron chi connectivity index (χ4n) is 5.64. The lowest BCUT2D eigenvalue weighted by molar-refractivity contribution is -0.117. The topological polar surface area (TPSA) is 92.8 Å². The highest BCUT2D eigenvalue weighted by Crippen LogP contribution is 2.39. The Morgan fingerprint density at radius 2 is 1.62 bits per heavy atom. The van der Waals surface area contributed by atoms with Crippen LogP contribution in [0.25, 0.3) is 11.1 Å². The van der Waals surface area contributed by atoms with E-state index in [1.807, 2.05) is 48.5 Å². The van der Waals surface area contributed by atoms with Gasteiger partial charge in [-0.2, -0.15) is 0 Å². The minimum atomic E-state index is -3.26. The zero-order chi connectivity index (χ0) is 27.4. The predicted molar refractivity (Wildman–Crippen MR) is 154 cm³/mol. The fraction of sp³-hybridized carbons (Fsp3) is 0.355. The highest BCUT2D eigenvalue weighted by Gasteiger charge is 2.26. The molecule has 1 heterocycles. The summed E-state index contributed by atoms with van der Waals surface area (Å²) >= 11 is 0. The van der Waals surface area contributed by atoms with Gasteiger partial charge in [-0.1, -0.05) is 48.5 Å². The van der Waals surface area contributed by atoms with Gasteiger partial charge in [0.05, 0.1) is 12.2 Å². The summed E-state index contributed by atoms with van der Waals surface area (Å²) in [6, 6.07) is 23.8. The number of amides is 2. The third-order valence-electron chi connectivity index (χ3n) is 7.59. The van der Waals surface area contributed by atoms with Gasteiger partial charge in [0, 0.05) is 18.4 Å². The molecule has 0 atom stereocenters. The second-order valence-corrected chi connectivity index (χ2v) is 12.8. The maximum Gasteiger partial charge on any atom is 0.326 e. The average Bonchev–Trinajstić information content (AvgIpc) is 2.92. The minimum absolute atomic E-state index is 0.167. The zero-order valence-corrected chi connectivity index (χ0v) is 23.0. The number of carbonyl (C=O) groups is 2. The van der Waals surface area contributed by atoms with Gasteiger partial charge in [0.25, 0.3) is 0 Å². The Labute approximate surface area is 230 Å². The van der Waals surface area contributed by atoms with Crippen LogP contribution in [0, 0.1) is 5.92 Å². The molecule has 3 aromatic rings. The summed E-state index contributed by atoms with van der Waals surface area (Å²) in [6.07, 6.45) is 5.37. The molecule has 0 aromatic heterocycles. The molecule has 0 unspecified atom stereocenters. The van der Waals surface area contributed by atoms with Crippen LogP contribution in [0.2, 0.25) is 0 Å². The van der Waals surface area contributed by atoms with E-state index in [1.54, 1.807) is 4.90 Å². The number of urea groups is 1. The van der Waals surface area contributed by atoms with Gasteiger partial charge < -0.3 is 10.1 Å². The van der Waals surface area contributed by atoms with Crippen LogP contribution in [0.4, 0.5) is 16.2 Å². The number of anilines is 2. The first-order valence-electron chi connectivity index (χ1n) is 13.5. The van der Waals surface area contributed by atoms with Crippen LogP contribution in [0.15, 0.2) is 72.8 Å². The maximum absolute atomic E-state index is 12.9. The molecule has 1 fully saturated rings. The molecule has 8 heteroatoms. The van der Waals surface area contributed by atoms with Gasteiger partial charge in [0.2, 0.25) is 0 Å². The van der Waals surface area contributed by atoms with Gasteiger partial charge >= 0.3 is 6.03 Å². The van der Waals surface area contributed by atoms with Crippen molar-refractivity contribution in [3.8, 4) is 16.9 Å². The van der Waals surface area contributed by atoms with Crippen molar-refractivity contribution in [1.82, 2.24) is 0 Å². The number of hydrogen-bond donors (Lipinski definition) is 1. The summed E-state index contributed by atoms with van der Waals surface area (Å²) in [5.74, 6) is 0.902. The first-order chi connectivity index (χ1) is 18.7. The van der Waals surface area contributed by atoms with Crippen molar-refractivity contribution in [1.29, 1.82) is 0 Å². The van der Waals surface area contributed by atoms with E-state index in [1.165, 1.54) is 5.56 Å². The van der Waals surface area contributed by atoms with Gasteiger partial charge in [-0.05, 0) is 78.5 Å². The summed E-state index contributed by atoms with van der Waals surface area (Å²) in [6.45, 7) is 0.911. The first-order valence-corrected chi connectivity index (χ1v) is 15.5. The Kier molecular flexibility index (Phi) is 8.02. The lowest BCUT2D eigenvalue weighted by Crippen LogP contribution is -2.40. The van der Waals surface area contributed by atoms with E-state index in [4.69, 9.17) is 4.74 Å². The van der Waals surface area contributed by atoms with Crippen molar-refractivity contribution in [2.24, 2.45) is 5.92 Å². The predicted octanol–water partition coefficient (Wildman–Crippen LogP) is 6.06. The molecule has 0 radical (unpaired) electrons. The summed E-state index contributed by atoms with van der Waals surface area (Å²) in [7, 11) is -3.26. The number of rotatable bonds is 7. The molecule has 1 aliphatic heterocycles. The van der Waals surface area contributed by atoms with E-state index in [-0.39, 0.29) is 23.5 Å². The lowest BCUT2D eigenvalue weighted by Gasteiger charge is -2.30. The number of ketones is 1. The number of nitrogens with zero attached hydrogens (tertiary/aromatic N) is 1. The van der Waals surface area contributed by atoms with Crippen LogP contribution in [0.5, 0.6) is 5.75 Å². The molecule has 3 aromatic carbocycles. The fourth-order valence-corrected chi connectivity index (χ4v) is 6.35. The Hall–Kier alpha value is -3.65. The molecular weight excluding hydrogens is 512 g/mol. The summed E-state index contributed by atoms with van der Waals surface area (Å²) in [5.41, 5.74) is 4.90. The monoisotopic (exact) mass is 546 g/mol. The molecule has 1 aliphatic carbocycles. The largest absolute Gasteiger partial charge is 0.490 e. The second-order valence-electron chi connectivity index (χ2n) is 10.6. The normalized spacial score (nSPS) is 19.1. The van der Waals surface area contributed by atoms with Crippen molar-refractivity contribution in [2.45, 2.75) is 38.0 Å². The lowest BCUT2D eigenvalue weighted by atomic mass is 9.77. The Morgan fingerprint density at radius 1 is 0.923 bits per heavy atom. The van der Waals surface area contributed by atoms with Gasteiger partial charge in [0.1, 0.15) is 23.9 Å². The Morgan fingerprint density at radius 3 is 2.31 bits per heavy atom. The molecule has 0 bridgehead atoms. The molecule has 2 aliphatic rings.